The minimum Gasteiger partial charge on any atom is -0.461 e. The summed E-state index contributed by atoms with van der Waals surface area (Å²) in [7, 11) is 2.00. The molecule has 3 N–H and O–H groups in total. The van der Waals surface area contributed by atoms with Crippen molar-refractivity contribution in [3.05, 3.63) is 60.6 Å². The number of rotatable bonds is 5. The molecular weight excluding hydrogens is 418 g/mol. The largest absolute Gasteiger partial charge is 0.461 e. The van der Waals surface area contributed by atoms with Gasteiger partial charge in [0, 0.05) is 24.5 Å². The summed E-state index contributed by atoms with van der Waals surface area (Å²) in [5.41, 5.74) is 7.11. The van der Waals surface area contributed by atoms with Crippen molar-refractivity contribution in [1.29, 1.82) is 0 Å². The predicted molar refractivity (Wildman–Crippen MR) is 126 cm³/mol. The summed E-state index contributed by atoms with van der Waals surface area (Å²) in [5.74, 6) is 2.87. The molecule has 33 heavy (non-hydrogen) atoms. The van der Waals surface area contributed by atoms with Crippen LogP contribution in [-0.2, 0) is 5.54 Å². The van der Waals surface area contributed by atoms with E-state index in [2.05, 4.69) is 39.2 Å². The third-order valence-electron chi connectivity index (χ3n) is 6.73. The van der Waals surface area contributed by atoms with Gasteiger partial charge in [-0.05, 0) is 50.6 Å². The second-order valence-electron chi connectivity index (χ2n) is 8.67. The van der Waals surface area contributed by atoms with Gasteiger partial charge in [-0.2, -0.15) is 9.50 Å². The maximum Gasteiger partial charge on any atom is 0.231 e. The Balaban J connectivity index is 1.53. The molecule has 1 aliphatic heterocycles. The van der Waals surface area contributed by atoms with Crippen LogP contribution in [0.15, 0.2) is 63.6 Å². The van der Waals surface area contributed by atoms with Gasteiger partial charge in [0.15, 0.2) is 11.4 Å². The minimum atomic E-state index is -0.556. The van der Waals surface area contributed by atoms with E-state index >= 15 is 0 Å². The first-order valence-corrected chi connectivity index (χ1v) is 11.1. The molecular formula is C24H25N7O2. The molecule has 0 bridgehead atoms. The molecule has 5 heterocycles. The number of likely N-dealkylation sites (N-methyl/N-ethyl adjacent to an activating group) is 1. The Bertz CT molecular complexity index is 1400. The maximum atomic E-state index is 6.39. The summed E-state index contributed by atoms with van der Waals surface area (Å²) in [6.45, 7) is 3.13. The quantitative estimate of drug-likeness (QED) is 0.422. The van der Waals surface area contributed by atoms with Crippen LogP contribution in [0, 0.1) is 0 Å². The summed E-state index contributed by atoms with van der Waals surface area (Å²) >= 11 is 0. The summed E-state index contributed by atoms with van der Waals surface area (Å²) in [5, 5.41) is 9.42. The van der Waals surface area contributed by atoms with Gasteiger partial charge in [-0.25, -0.2) is 4.98 Å². The summed E-state index contributed by atoms with van der Waals surface area (Å²) < 4.78 is 13.6. The van der Waals surface area contributed by atoms with Gasteiger partial charge in [-0.1, -0.05) is 18.2 Å². The molecule has 1 aliphatic rings. The van der Waals surface area contributed by atoms with Gasteiger partial charge in [-0.3, -0.25) is 0 Å². The zero-order valence-electron chi connectivity index (χ0n) is 18.5. The number of hydrogen-bond donors (Lipinski definition) is 2. The molecule has 6 rings (SSSR count). The van der Waals surface area contributed by atoms with Crippen LogP contribution in [0.3, 0.4) is 0 Å². The van der Waals surface area contributed by atoms with Crippen LogP contribution in [0.5, 0.6) is 0 Å². The third-order valence-corrected chi connectivity index (χ3v) is 6.73. The number of furan rings is 2. The zero-order valence-corrected chi connectivity index (χ0v) is 18.5. The van der Waals surface area contributed by atoms with Gasteiger partial charge in [0.05, 0.1) is 6.26 Å². The number of aromatic nitrogens is 4. The first kappa shape index (κ1) is 19.8. The highest BCUT2D eigenvalue weighted by molar-refractivity contribution is 5.78. The fraction of sp³-hybridized carbons (Fsp3) is 0.292. The first-order chi connectivity index (χ1) is 16.0. The average Bonchev–Trinajstić information content (AvgIpc) is 3.62. The molecule has 9 heteroatoms. The molecule has 9 nitrogen and oxygen atoms in total. The number of fused-ring (bicyclic) bond motifs is 2. The van der Waals surface area contributed by atoms with Gasteiger partial charge in [0.25, 0.3) is 0 Å². The highest BCUT2D eigenvalue weighted by atomic mass is 16.3. The number of anilines is 2. The predicted octanol–water partition coefficient (Wildman–Crippen LogP) is 3.82. The van der Waals surface area contributed by atoms with Gasteiger partial charge in [-0.15, -0.1) is 5.10 Å². The molecule has 2 atom stereocenters. The van der Waals surface area contributed by atoms with E-state index in [9.17, 15) is 0 Å². The van der Waals surface area contributed by atoms with Crippen LogP contribution in [0.4, 0.5) is 11.8 Å². The van der Waals surface area contributed by atoms with Crippen LogP contribution in [-0.4, -0.2) is 39.2 Å². The molecule has 0 spiro atoms. The average molecular weight is 444 g/mol. The van der Waals surface area contributed by atoms with Gasteiger partial charge in [0.2, 0.25) is 11.8 Å². The molecule has 1 saturated heterocycles. The third kappa shape index (κ3) is 3.07. The standard InChI is InChI=1S/C24H25N7O2/c1-24(18-10-5-11-26-18,19-13-15-7-3-4-8-16(15)33-19)30(2)23-27-20(25)14-21-28-22(29-31(21)23)17-9-6-12-32-17/h3-4,6-9,12-14,18,26H,5,10-11,25H2,1-2H3. The summed E-state index contributed by atoms with van der Waals surface area (Å²) in [6.07, 6.45) is 3.71. The van der Waals surface area contributed by atoms with Crippen molar-refractivity contribution in [2.24, 2.45) is 0 Å². The highest BCUT2D eigenvalue weighted by Crippen LogP contribution is 2.40. The Kier molecular flexibility index (Phi) is 4.41. The Morgan fingerprint density at radius 3 is 2.82 bits per heavy atom. The minimum absolute atomic E-state index is 0.148. The van der Waals surface area contributed by atoms with E-state index in [4.69, 9.17) is 19.7 Å². The van der Waals surface area contributed by atoms with Gasteiger partial charge < -0.3 is 24.8 Å². The molecule has 0 amide bonds. The van der Waals surface area contributed by atoms with Crippen molar-refractivity contribution in [2.75, 3.05) is 24.2 Å². The second kappa shape index (κ2) is 7.35. The Hall–Kier alpha value is -3.85. The van der Waals surface area contributed by atoms with Crippen LogP contribution < -0.4 is 16.0 Å². The molecule has 1 aromatic carbocycles. The Morgan fingerprint density at radius 2 is 2.06 bits per heavy atom. The van der Waals surface area contributed by atoms with E-state index in [1.807, 2.05) is 37.4 Å². The van der Waals surface area contributed by atoms with Crippen LogP contribution >= 0.6 is 0 Å². The maximum absolute atomic E-state index is 6.39. The van der Waals surface area contributed by atoms with E-state index < -0.39 is 5.54 Å². The molecule has 0 radical (unpaired) electrons. The number of hydrogen-bond acceptors (Lipinski definition) is 8. The fourth-order valence-electron chi connectivity index (χ4n) is 4.79. The highest BCUT2D eigenvalue weighted by Gasteiger charge is 2.45. The number of nitrogens with one attached hydrogen (secondary N) is 1. The monoisotopic (exact) mass is 443 g/mol. The van der Waals surface area contributed by atoms with E-state index in [0.29, 0.717) is 29.0 Å². The molecule has 4 aromatic heterocycles. The lowest BCUT2D eigenvalue weighted by Gasteiger charge is -2.42. The number of benzene rings is 1. The van der Waals surface area contributed by atoms with Crippen molar-refractivity contribution < 1.29 is 8.83 Å². The molecule has 2 unspecified atom stereocenters. The second-order valence-corrected chi connectivity index (χ2v) is 8.67. The van der Waals surface area contributed by atoms with E-state index in [-0.39, 0.29) is 6.04 Å². The number of nitrogen functional groups attached to an aromatic ring is 1. The molecule has 0 aliphatic carbocycles. The molecule has 0 saturated carbocycles. The van der Waals surface area contributed by atoms with Crippen LogP contribution in [0.25, 0.3) is 28.2 Å². The fourth-order valence-corrected chi connectivity index (χ4v) is 4.79. The molecule has 1 fully saturated rings. The van der Waals surface area contributed by atoms with Crippen molar-refractivity contribution in [3.8, 4) is 11.6 Å². The number of nitrogens with zero attached hydrogens (tertiary/aromatic N) is 5. The van der Waals surface area contributed by atoms with Crippen molar-refractivity contribution >= 4 is 28.4 Å². The SMILES string of the molecule is CN(c1nc(N)cc2nc(-c3ccco3)nn12)C(C)(c1cc2ccccc2o1)C1CCCN1. The van der Waals surface area contributed by atoms with Gasteiger partial charge in [0.1, 0.15) is 22.7 Å². The summed E-state index contributed by atoms with van der Waals surface area (Å²) in [6, 6.07) is 15.7. The molecule has 5 aromatic rings. The van der Waals surface area contributed by atoms with Crippen molar-refractivity contribution in [2.45, 2.75) is 31.3 Å². The van der Waals surface area contributed by atoms with Crippen molar-refractivity contribution in [1.82, 2.24) is 24.9 Å². The lowest BCUT2D eigenvalue weighted by atomic mass is 9.86. The van der Waals surface area contributed by atoms with Crippen molar-refractivity contribution in [3.63, 3.8) is 0 Å². The Morgan fingerprint density at radius 1 is 1.18 bits per heavy atom. The first-order valence-electron chi connectivity index (χ1n) is 11.1. The number of para-hydroxylation sites is 1. The number of nitrogens with two attached hydrogens (primary N) is 1. The lowest BCUT2D eigenvalue weighted by molar-refractivity contribution is 0.283. The van der Waals surface area contributed by atoms with Gasteiger partial charge >= 0.3 is 0 Å². The smallest absolute Gasteiger partial charge is 0.231 e. The topological polar surface area (TPSA) is 111 Å². The van der Waals surface area contributed by atoms with E-state index in [1.54, 1.807) is 16.8 Å². The van der Waals surface area contributed by atoms with Crippen LogP contribution in [0.2, 0.25) is 0 Å². The zero-order chi connectivity index (χ0) is 22.6. The lowest BCUT2D eigenvalue weighted by Crippen LogP contribution is -2.54. The molecule has 168 valence electrons. The normalized spacial score (nSPS) is 18.2. The van der Waals surface area contributed by atoms with E-state index in [1.165, 1.54) is 0 Å². The van der Waals surface area contributed by atoms with E-state index in [0.717, 1.165) is 36.1 Å². The Labute approximate surface area is 190 Å². The van der Waals surface area contributed by atoms with Crippen LogP contribution in [0.1, 0.15) is 25.5 Å². The summed E-state index contributed by atoms with van der Waals surface area (Å²) in [4.78, 5) is 11.4.